The van der Waals surface area contributed by atoms with Crippen LogP contribution in [0, 0.1) is 57.2 Å². The molecule has 1 aromatic carbocycles. The number of allylic oxidation sites excluding steroid dienone is 2. The predicted octanol–water partition coefficient (Wildman–Crippen LogP) is 9.71. The number of esters is 1. The number of carbonyl (C=O) groups is 3. The van der Waals surface area contributed by atoms with E-state index >= 15 is 0 Å². The van der Waals surface area contributed by atoms with Crippen molar-refractivity contribution in [3.63, 3.8) is 0 Å². The minimum Gasteiger partial charge on any atom is -0.481 e. The number of carbonyl (C=O) groups excluding carboxylic acids is 2. The maximum atomic E-state index is 14.2. The Hall–Kier alpha value is -2.22. The molecule has 0 radical (unpaired) electrons. The van der Waals surface area contributed by atoms with Gasteiger partial charge in [-0.1, -0.05) is 77.8 Å². The van der Waals surface area contributed by atoms with Crippen LogP contribution in [0.25, 0.3) is 0 Å². The van der Waals surface area contributed by atoms with E-state index in [-0.39, 0.29) is 46.1 Å². The number of likely N-dealkylation sites (N-methyl/N-ethyl adjacent to an activating group) is 1. The highest BCUT2D eigenvalue weighted by atomic mass is 35.5. The third kappa shape index (κ3) is 7.61. The second-order valence-corrected chi connectivity index (χ2v) is 20.5. The second-order valence-electron chi connectivity index (χ2n) is 20.1. The molecule has 300 valence electrons. The number of Topliss-reactive ketones (excluding diaryl/α,β-unsaturated/α-hetero) is 1. The van der Waals surface area contributed by atoms with Crippen molar-refractivity contribution >= 4 is 29.3 Å². The summed E-state index contributed by atoms with van der Waals surface area (Å²) in [5.41, 5.74) is 4.12. The SMILES string of the molecule is CC(C)C1=C2C3CCC4C(C)(CCC5C(C)(C)C(OC(=O)CC(C)C(=O)O)CCC54C)C3CCC2(CCN(CCN(C)C)Cc2ccc(Cl)cc2)CC1=O. The van der Waals surface area contributed by atoms with Crippen LogP contribution in [0.3, 0.4) is 0 Å². The van der Waals surface area contributed by atoms with Crippen molar-refractivity contribution in [2.45, 2.75) is 132 Å². The average molecular weight is 766 g/mol. The Morgan fingerprint density at radius 1 is 0.889 bits per heavy atom. The van der Waals surface area contributed by atoms with Gasteiger partial charge in [-0.15, -0.1) is 0 Å². The Kier molecular flexibility index (Phi) is 12.0. The Balaban J connectivity index is 1.23. The summed E-state index contributed by atoms with van der Waals surface area (Å²) in [5.74, 6) is 0.621. The Morgan fingerprint density at radius 2 is 1.57 bits per heavy atom. The van der Waals surface area contributed by atoms with Crippen LogP contribution >= 0.6 is 11.6 Å². The third-order valence-electron chi connectivity index (χ3n) is 15.9. The van der Waals surface area contributed by atoms with E-state index in [9.17, 15) is 19.5 Å². The number of carboxylic acid groups (broad SMARTS) is 1. The fourth-order valence-corrected chi connectivity index (χ4v) is 13.4. The Labute approximate surface area is 331 Å². The van der Waals surface area contributed by atoms with E-state index < -0.39 is 11.9 Å². The van der Waals surface area contributed by atoms with Crippen molar-refractivity contribution in [3.05, 3.63) is 46.0 Å². The van der Waals surface area contributed by atoms with Crippen LogP contribution in [-0.2, 0) is 25.7 Å². The van der Waals surface area contributed by atoms with Crippen LogP contribution in [0.5, 0.6) is 0 Å². The summed E-state index contributed by atoms with van der Waals surface area (Å²) < 4.78 is 6.12. The highest BCUT2D eigenvalue weighted by molar-refractivity contribution is 6.30. The first kappa shape index (κ1) is 41.4. The number of carboxylic acids is 1. The molecule has 0 amide bonds. The van der Waals surface area contributed by atoms with Gasteiger partial charge in [-0.25, -0.2) is 0 Å². The third-order valence-corrected chi connectivity index (χ3v) is 16.2. The lowest BCUT2D eigenvalue weighted by atomic mass is 9.36. The van der Waals surface area contributed by atoms with Gasteiger partial charge >= 0.3 is 11.9 Å². The lowest BCUT2D eigenvalue weighted by Gasteiger charge is -2.69. The number of nitrogens with zero attached hydrogens (tertiary/aromatic N) is 2. The van der Waals surface area contributed by atoms with Gasteiger partial charge in [0.25, 0.3) is 0 Å². The molecule has 9 unspecified atom stereocenters. The van der Waals surface area contributed by atoms with E-state index in [1.165, 1.54) is 30.4 Å². The molecular formula is C46H69ClN2O5. The number of ketones is 1. The molecule has 0 saturated heterocycles. The van der Waals surface area contributed by atoms with Crippen LogP contribution < -0.4 is 0 Å². The molecule has 6 rings (SSSR count). The molecular weight excluding hydrogens is 696 g/mol. The van der Waals surface area contributed by atoms with Crippen molar-refractivity contribution in [1.29, 1.82) is 0 Å². The van der Waals surface area contributed by atoms with Gasteiger partial charge < -0.3 is 14.7 Å². The first-order chi connectivity index (χ1) is 25.3. The van der Waals surface area contributed by atoms with Gasteiger partial charge in [-0.3, -0.25) is 19.3 Å². The Morgan fingerprint density at radius 3 is 2.22 bits per heavy atom. The van der Waals surface area contributed by atoms with Gasteiger partial charge in [-0.05, 0) is 142 Å². The number of hydrogen-bond acceptors (Lipinski definition) is 6. The van der Waals surface area contributed by atoms with Gasteiger partial charge in [0, 0.05) is 41.9 Å². The fourth-order valence-electron chi connectivity index (χ4n) is 13.3. The standard InChI is InChI=1S/C46H69ClN2O5/c1-29(2)40-35(50)27-46(22-23-49(25-24-48(8)9)28-31-10-12-32(47)13-11-31)21-16-34-33(41(40)46)14-15-37-44(34,6)19-17-36-43(4,5)38(18-20-45(36,37)7)54-39(51)26-30(3)42(52)53/h10-13,29-30,33-34,36-38H,14-28H2,1-9H3,(H,52,53). The highest BCUT2D eigenvalue weighted by Crippen LogP contribution is 2.73. The normalized spacial score (nSPS) is 35.1. The van der Waals surface area contributed by atoms with Gasteiger partial charge in [0.1, 0.15) is 6.10 Å². The van der Waals surface area contributed by atoms with Crippen molar-refractivity contribution in [3.8, 4) is 0 Å². The molecule has 5 aliphatic rings. The van der Waals surface area contributed by atoms with Crippen molar-refractivity contribution < 1.29 is 24.2 Å². The molecule has 8 heteroatoms. The molecule has 0 spiro atoms. The van der Waals surface area contributed by atoms with Crippen LogP contribution in [0.2, 0.25) is 5.02 Å². The number of benzene rings is 1. The molecule has 4 saturated carbocycles. The molecule has 5 aliphatic carbocycles. The zero-order valence-electron chi connectivity index (χ0n) is 34.8. The van der Waals surface area contributed by atoms with Crippen LogP contribution in [0.4, 0.5) is 0 Å². The number of ether oxygens (including phenoxy) is 1. The number of fused-ring (bicyclic) bond motifs is 7. The monoisotopic (exact) mass is 764 g/mol. The zero-order valence-corrected chi connectivity index (χ0v) is 35.6. The van der Waals surface area contributed by atoms with Gasteiger partial charge in [0.2, 0.25) is 0 Å². The minimum atomic E-state index is -0.959. The molecule has 4 fully saturated rings. The number of aliphatic carboxylic acids is 1. The Bertz CT molecular complexity index is 1600. The first-order valence-electron chi connectivity index (χ1n) is 21.1. The largest absolute Gasteiger partial charge is 0.481 e. The summed E-state index contributed by atoms with van der Waals surface area (Å²) in [6, 6.07) is 8.27. The summed E-state index contributed by atoms with van der Waals surface area (Å²) >= 11 is 6.24. The molecule has 1 aromatic rings. The molecule has 54 heavy (non-hydrogen) atoms. The van der Waals surface area contributed by atoms with Crippen molar-refractivity contribution in [2.24, 2.45) is 57.2 Å². The van der Waals surface area contributed by atoms with Gasteiger partial charge in [-0.2, -0.15) is 0 Å². The van der Waals surface area contributed by atoms with E-state index in [0.29, 0.717) is 35.9 Å². The summed E-state index contributed by atoms with van der Waals surface area (Å²) in [4.78, 5) is 43.4. The van der Waals surface area contributed by atoms with Gasteiger partial charge in [0.15, 0.2) is 5.78 Å². The number of halogens is 1. The first-order valence-corrected chi connectivity index (χ1v) is 21.5. The van der Waals surface area contributed by atoms with Crippen LogP contribution in [-0.4, -0.2) is 72.5 Å². The molecule has 9 atom stereocenters. The quantitative estimate of drug-likeness (QED) is 0.200. The topological polar surface area (TPSA) is 87.2 Å². The van der Waals surface area contributed by atoms with Crippen molar-refractivity contribution in [1.82, 2.24) is 9.80 Å². The van der Waals surface area contributed by atoms with Crippen LogP contribution in [0.15, 0.2) is 35.4 Å². The van der Waals surface area contributed by atoms with E-state index in [1.54, 1.807) is 12.5 Å². The smallest absolute Gasteiger partial charge is 0.306 e. The summed E-state index contributed by atoms with van der Waals surface area (Å²) in [6.45, 7) is 19.7. The van der Waals surface area contributed by atoms with Gasteiger partial charge in [0.05, 0.1) is 12.3 Å². The second kappa shape index (κ2) is 15.6. The maximum absolute atomic E-state index is 14.2. The van der Waals surface area contributed by atoms with Crippen LogP contribution in [0.1, 0.15) is 125 Å². The predicted molar refractivity (Wildman–Crippen MR) is 216 cm³/mol. The van der Waals surface area contributed by atoms with Crippen molar-refractivity contribution in [2.75, 3.05) is 33.7 Å². The van der Waals surface area contributed by atoms with E-state index in [1.807, 2.05) is 12.1 Å². The lowest BCUT2D eigenvalue weighted by molar-refractivity contribution is -0.213. The fraction of sp³-hybridized carbons (Fsp3) is 0.761. The molecule has 1 N–H and O–H groups in total. The summed E-state index contributed by atoms with van der Waals surface area (Å²) in [5, 5.41) is 10.1. The lowest BCUT2D eigenvalue weighted by Crippen LogP contribution is -2.63. The number of rotatable bonds is 13. The average Bonchev–Trinajstić information content (AvgIpc) is 3.40. The maximum Gasteiger partial charge on any atom is 0.306 e. The highest BCUT2D eigenvalue weighted by Gasteiger charge is 2.66. The molecule has 0 aliphatic heterocycles. The molecule has 0 heterocycles. The molecule has 0 bridgehead atoms. The number of hydrogen-bond donors (Lipinski definition) is 1. The minimum absolute atomic E-state index is 0.0411. The zero-order chi connectivity index (χ0) is 39.4. The van der Waals surface area contributed by atoms with E-state index in [2.05, 4.69) is 77.6 Å². The van der Waals surface area contributed by atoms with E-state index in [0.717, 1.165) is 69.7 Å². The molecule has 0 aromatic heterocycles. The molecule has 7 nitrogen and oxygen atoms in total. The van der Waals surface area contributed by atoms with E-state index in [4.69, 9.17) is 16.3 Å². The summed E-state index contributed by atoms with van der Waals surface area (Å²) in [6.07, 6.45) is 10.2. The summed E-state index contributed by atoms with van der Waals surface area (Å²) in [7, 11) is 4.28.